The number of carbonyl (C=O) groups excluding carboxylic acids is 1. The van der Waals surface area contributed by atoms with Gasteiger partial charge in [-0.1, -0.05) is 18.7 Å². The molecule has 0 aliphatic heterocycles. The molecule has 0 bridgehead atoms. The Morgan fingerprint density at radius 1 is 1.33 bits per heavy atom. The summed E-state index contributed by atoms with van der Waals surface area (Å²) in [7, 11) is 0. The number of carbonyl (C=O) groups is 1. The smallest absolute Gasteiger partial charge is 1.00 e. The molecule has 12 heavy (non-hydrogen) atoms. The molecule has 0 radical (unpaired) electrons. The van der Waals surface area contributed by atoms with Crippen molar-refractivity contribution < 1.29 is 45.3 Å². The standard InChI is InChI=1S/C8H12O3.Na.H/c1-3-5-10-7-8(9)11-6-4-2;;/h3-4H,1-2,5-7H2;;/q;+1;-1. The summed E-state index contributed by atoms with van der Waals surface area (Å²) >= 11 is 0. The Labute approximate surface area is 96.2 Å². The van der Waals surface area contributed by atoms with Gasteiger partial charge < -0.3 is 10.9 Å². The van der Waals surface area contributed by atoms with Crippen molar-refractivity contribution in [1.29, 1.82) is 0 Å². The van der Waals surface area contributed by atoms with Crippen LogP contribution in [-0.4, -0.2) is 25.8 Å². The molecule has 0 amide bonds. The first-order valence-corrected chi connectivity index (χ1v) is 3.26. The van der Waals surface area contributed by atoms with Crippen molar-refractivity contribution in [3.63, 3.8) is 0 Å². The van der Waals surface area contributed by atoms with Crippen molar-refractivity contribution in [2.24, 2.45) is 0 Å². The summed E-state index contributed by atoms with van der Waals surface area (Å²) in [6, 6.07) is 0. The van der Waals surface area contributed by atoms with Crippen LogP contribution in [0.2, 0.25) is 0 Å². The molecular weight excluding hydrogens is 167 g/mol. The monoisotopic (exact) mass is 180 g/mol. The van der Waals surface area contributed by atoms with E-state index in [-0.39, 0.29) is 50.2 Å². The van der Waals surface area contributed by atoms with Crippen LogP contribution in [0, 0.1) is 0 Å². The van der Waals surface area contributed by atoms with Crippen LogP contribution in [0.15, 0.2) is 25.3 Å². The molecule has 0 saturated carbocycles. The van der Waals surface area contributed by atoms with E-state index in [4.69, 9.17) is 4.74 Å². The van der Waals surface area contributed by atoms with Crippen molar-refractivity contribution in [2.45, 2.75) is 0 Å². The molecule has 0 fully saturated rings. The third-order valence-electron chi connectivity index (χ3n) is 0.818. The summed E-state index contributed by atoms with van der Waals surface area (Å²) in [6.07, 6.45) is 3.08. The fourth-order valence-corrected chi connectivity index (χ4v) is 0.419. The van der Waals surface area contributed by atoms with Crippen LogP contribution in [0.5, 0.6) is 0 Å². The first-order chi connectivity index (χ1) is 5.31. The van der Waals surface area contributed by atoms with E-state index in [9.17, 15) is 4.79 Å². The van der Waals surface area contributed by atoms with Crippen molar-refractivity contribution in [3.8, 4) is 0 Å². The molecule has 4 heteroatoms. The molecule has 0 aromatic heterocycles. The maximum absolute atomic E-state index is 10.6. The number of hydrogen-bond acceptors (Lipinski definition) is 3. The second-order valence-corrected chi connectivity index (χ2v) is 1.78. The van der Waals surface area contributed by atoms with E-state index in [1.807, 2.05) is 0 Å². The predicted molar refractivity (Wildman–Crippen MR) is 43.3 cm³/mol. The topological polar surface area (TPSA) is 35.5 Å². The van der Waals surface area contributed by atoms with Crippen molar-refractivity contribution >= 4 is 5.97 Å². The molecule has 0 aromatic carbocycles. The van der Waals surface area contributed by atoms with Crippen LogP contribution in [0.1, 0.15) is 1.43 Å². The van der Waals surface area contributed by atoms with Gasteiger partial charge in [0.1, 0.15) is 13.2 Å². The van der Waals surface area contributed by atoms with Gasteiger partial charge in [-0.15, -0.1) is 6.58 Å². The van der Waals surface area contributed by atoms with Gasteiger partial charge in [-0.25, -0.2) is 4.79 Å². The predicted octanol–water partition coefficient (Wildman–Crippen LogP) is -1.97. The number of ether oxygens (including phenoxy) is 2. The average molecular weight is 180 g/mol. The normalized spacial score (nSPS) is 8.00. The Morgan fingerprint density at radius 2 is 1.92 bits per heavy atom. The number of esters is 1. The van der Waals surface area contributed by atoms with Gasteiger partial charge >= 0.3 is 35.5 Å². The molecule has 0 N–H and O–H groups in total. The largest absolute Gasteiger partial charge is 1.00 e. The zero-order chi connectivity index (χ0) is 8.53. The van der Waals surface area contributed by atoms with Gasteiger partial charge in [0.2, 0.25) is 0 Å². The minimum absolute atomic E-state index is 0. The molecule has 0 aliphatic carbocycles. The Hall–Kier alpha value is -0.0900. The van der Waals surface area contributed by atoms with Crippen LogP contribution in [0.3, 0.4) is 0 Å². The molecule has 0 aliphatic rings. The van der Waals surface area contributed by atoms with Crippen LogP contribution >= 0.6 is 0 Å². The van der Waals surface area contributed by atoms with Gasteiger partial charge in [0, 0.05) is 0 Å². The zero-order valence-corrected chi connectivity index (χ0v) is 9.41. The first-order valence-electron chi connectivity index (χ1n) is 3.26. The molecule has 0 aromatic rings. The number of hydrogen-bond donors (Lipinski definition) is 0. The van der Waals surface area contributed by atoms with Crippen molar-refractivity contribution in [3.05, 3.63) is 25.3 Å². The van der Waals surface area contributed by atoms with E-state index in [1.165, 1.54) is 6.08 Å². The van der Waals surface area contributed by atoms with E-state index in [2.05, 4.69) is 17.9 Å². The van der Waals surface area contributed by atoms with Crippen LogP contribution < -0.4 is 29.6 Å². The van der Waals surface area contributed by atoms with Gasteiger partial charge in [0.25, 0.3) is 0 Å². The number of rotatable bonds is 6. The Bertz CT molecular complexity index is 150. The summed E-state index contributed by atoms with van der Waals surface area (Å²) in [5.41, 5.74) is 0. The molecule has 0 saturated heterocycles. The molecule has 0 atom stereocenters. The maximum atomic E-state index is 10.6. The Balaban J connectivity index is -0.000000500. The third-order valence-corrected chi connectivity index (χ3v) is 0.818. The van der Waals surface area contributed by atoms with E-state index < -0.39 is 0 Å². The summed E-state index contributed by atoms with van der Waals surface area (Å²) < 4.78 is 9.44. The van der Waals surface area contributed by atoms with Gasteiger partial charge in [0.15, 0.2) is 0 Å². The summed E-state index contributed by atoms with van der Waals surface area (Å²) in [6.45, 7) is 7.39. The van der Waals surface area contributed by atoms with Gasteiger partial charge in [0.05, 0.1) is 6.61 Å². The minimum atomic E-state index is -0.383. The second kappa shape index (κ2) is 10.9. The van der Waals surface area contributed by atoms with Gasteiger partial charge in [-0.05, 0) is 0 Å². The van der Waals surface area contributed by atoms with Gasteiger partial charge in [-0.3, -0.25) is 0 Å². The molecule has 0 spiro atoms. The summed E-state index contributed by atoms with van der Waals surface area (Å²) in [5, 5.41) is 0. The zero-order valence-electron chi connectivity index (χ0n) is 8.41. The molecule has 0 unspecified atom stereocenters. The molecule has 3 nitrogen and oxygen atoms in total. The van der Waals surface area contributed by atoms with Crippen LogP contribution in [0.25, 0.3) is 0 Å². The SMILES string of the molecule is C=CCOCC(=O)OCC=C.[H-].[Na+]. The quantitative estimate of drug-likeness (QED) is 0.206. The maximum Gasteiger partial charge on any atom is 1.00 e. The van der Waals surface area contributed by atoms with Gasteiger partial charge in [-0.2, -0.15) is 0 Å². The van der Waals surface area contributed by atoms with E-state index in [0.717, 1.165) is 0 Å². The Kier molecular flexibility index (Phi) is 13.1. The van der Waals surface area contributed by atoms with E-state index in [0.29, 0.717) is 6.61 Å². The Morgan fingerprint density at radius 3 is 2.42 bits per heavy atom. The molecule has 0 heterocycles. The first kappa shape index (κ1) is 14.4. The third kappa shape index (κ3) is 9.91. The van der Waals surface area contributed by atoms with Crippen molar-refractivity contribution in [2.75, 3.05) is 19.8 Å². The van der Waals surface area contributed by atoms with E-state index in [1.54, 1.807) is 6.08 Å². The van der Waals surface area contributed by atoms with Crippen molar-refractivity contribution in [1.82, 2.24) is 0 Å². The second-order valence-electron chi connectivity index (χ2n) is 1.78. The summed E-state index contributed by atoms with van der Waals surface area (Å²) in [5.74, 6) is -0.383. The fraction of sp³-hybridized carbons (Fsp3) is 0.375. The average Bonchev–Trinajstić information content (AvgIpc) is 2.01. The molecular formula is C8H13NaO3. The van der Waals surface area contributed by atoms with Crippen LogP contribution in [0.4, 0.5) is 0 Å². The minimum Gasteiger partial charge on any atom is -1.00 e. The molecule has 0 rings (SSSR count). The van der Waals surface area contributed by atoms with E-state index >= 15 is 0 Å². The fourth-order valence-electron chi connectivity index (χ4n) is 0.419. The van der Waals surface area contributed by atoms with Crippen LogP contribution in [-0.2, 0) is 14.3 Å². The summed E-state index contributed by atoms with van der Waals surface area (Å²) in [4.78, 5) is 10.6. The molecule has 64 valence electrons.